The first-order valence-corrected chi connectivity index (χ1v) is 6.54. The summed E-state index contributed by atoms with van der Waals surface area (Å²) >= 11 is 0. The maximum atomic E-state index is 12.5. The molecule has 2 aliphatic heterocycles. The van der Waals surface area contributed by atoms with Crippen molar-refractivity contribution in [3.8, 4) is 0 Å². The first-order valence-electron chi connectivity index (χ1n) is 6.54. The maximum Gasteiger partial charge on any atom is 0.325 e. The molecule has 5 heteroatoms. The van der Waals surface area contributed by atoms with E-state index in [9.17, 15) is 9.59 Å². The van der Waals surface area contributed by atoms with Gasteiger partial charge in [0, 0.05) is 17.6 Å². The molecule has 2 saturated heterocycles. The Kier molecular flexibility index (Phi) is 2.74. The third-order valence-electron chi connectivity index (χ3n) is 3.73. The standard InChI is InChI=1S/C13H23N3O2/c1-6-16-9(17)13(14-10(16)18)7-11(2,3)15-12(4,5)8-13/h15H,6-8H2,1-5H3,(H,14,18). The molecule has 0 aromatic heterocycles. The van der Waals surface area contributed by atoms with Gasteiger partial charge in [-0.25, -0.2) is 4.79 Å². The molecule has 0 radical (unpaired) electrons. The number of likely N-dealkylation sites (N-methyl/N-ethyl adjacent to an activating group) is 1. The Morgan fingerprint density at radius 3 is 2.00 bits per heavy atom. The van der Waals surface area contributed by atoms with Gasteiger partial charge in [0.05, 0.1) is 0 Å². The van der Waals surface area contributed by atoms with Crippen LogP contribution in [0.3, 0.4) is 0 Å². The molecule has 0 atom stereocenters. The van der Waals surface area contributed by atoms with Gasteiger partial charge in [-0.1, -0.05) is 0 Å². The van der Waals surface area contributed by atoms with Crippen LogP contribution in [-0.4, -0.2) is 40.0 Å². The highest BCUT2D eigenvalue weighted by Crippen LogP contribution is 2.39. The summed E-state index contributed by atoms with van der Waals surface area (Å²) in [5, 5.41) is 6.46. The lowest BCUT2D eigenvalue weighted by Crippen LogP contribution is -2.68. The molecule has 0 bridgehead atoms. The van der Waals surface area contributed by atoms with Crippen LogP contribution < -0.4 is 10.6 Å². The molecule has 2 rings (SSSR count). The Morgan fingerprint density at radius 1 is 1.11 bits per heavy atom. The highest BCUT2D eigenvalue weighted by Gasteiger charge is 2.58. The number of imide groups is 1. The quantitative estimate of drug-likeness (QED) is 0.691. The SMILES string of the molecule is CCN1C(=O)NC2(CC(C)(C)NC(C)(C)C2)C1=O. The van der Waals surface area contributed by atoms with Crippen LogP contribution in [0.25, 0.3) is 0 Å². The summed E-state index contributed by atoms with van der Waals surface area (Å²) in [6.45, 7) is 10.6. The molecule has 2 heterocycles. The molecule has 2 N–H and O–H groups in total. The van der Waals surface area contributed by atoms with Crippen LogP contribution in [0.4, 0.5) is 4.79 Å². The molecule has 1 spiro atoms. The van der Waals surface area contributed by atoms with Crippen LogP contribution in [0.2, 0.25) is 0 Å². The number of hydrogen-bond donors (Lipinski definition) is 2. The Labute approximate surface area is 108 Å². The monoisotopic (exact) mass is 253 g/mol. The van der Waals surface area contributed by atoms with Gasteiger partial charge in [0.25, 0.3) is 5.91 Å². The van der Waals surface area contributed by atoms with Crippen LogP contribution in [0, 0.1) is 0 Å². The fourth-order valence-corrected chi connectivity index (χ4v) is 3.78. The number of rotatable bonds is 1. The molecule has 0 saturated carbocycles. The summed E-state index contributed by atoms with van der Waals surface area (Å²) in [7, 11) is 0. The summed E-state index contributed by atoms with van der Waals surface area (Å²) in [5.41, 5.74) is -1.08. The molecular formula is C13H23N3O2. The molecule has 2 fully saturated rings. The van der Waals surface area contributed by atoms with Gasteiger partial charge >= 0.3 is 6.03 Å². The number of piperidine rings is 1. The van der Waals surface area contributed by atoms with E-state index in [-0.39, 0.29) is 23.0 Å². The van der Waals surface area contributed by atoms with Crippen molar-refractivity contribution in [3.63, 3.8) is 0 Å². The average Bonchev–Trinajstić information content (AvgIpc) is 2.32. The molecule has 5 nitrogen and oxygen atoms in total. The first kappa shape index (κ1) is 13.3. The highest BCUT2D eigenvalue weighted by atomic mass is 16.2. The van der Waals surface area contributed by atoms with E-state index in [0.717, 1.165) is 0 Å². The predicted octanol–water partition coefficient (Wildman–Crippen LogP) is 1.24. The molecule has 0 aromatic carbocycles. The summed E-state index contributed by atoms with van der Waals surface area (Å²) in [6.07, 6.45) is 1.26. The van der Waals surface area contributed by atoms with Crippen LogP contribution >= 0.6 is 0 Å². The molecule has 0 aromatic rings. The zero-order chi connectivity index (χ0) is 13.8. The Morgan fingerprint density at radius 2 is 1.61 bits per heavy atom. The Bertz CT molecular complexity index is 385. The lowest BCUT2D eigenvalue weighted by molar-refractivity contribution is -0.134. The van der Waals surface area contributed by atoms with Gasteiger partial charge in [-0.2, -0.15) is 0 Å². The van der Waals surface area contributed by atoms with Crippen molar-refractivity contribution >= 4 is 11.9 Å². The lowest BCUT2D eigenvalue weighted by Gasteiger charge is -2.50. The average molecular weight is 253 g/mol. The van der Waals surface area contributed by atoms with Gasteiger partial charge in [0.15, 0.2) is 0 Å². The van der Waals surface area contributed by atoms with Crippen molar-refractivity contribution in [1.82, 2.24) is 15.5 Å². The van der Waals surface area contributed by atoms with E-state index in [2.05, 4.69) is 38.3 Å². The minimum Gasteiger partial charge on any atom is -0.323 e. The van der Waals surface area contributed by atoms with Crippen molar-refractivity contribution in [3.05, 3.63) is 0 Å². The van der Waals surface area contributed by atoms with Crippen LogP contribution in [0.1, 0.15) is 47.5 Å². The van der Waals surface area contributed by atoms with Gasteiger partial charge in [-0.3, -0.25) is 9.69 Å². The Hall–Kier alpha value is -1.10. The fraction of sp³-hybridized carbons (Fsp3) is 0.846. The van der Waals surface area contributed by atoms with Crippen LogP contribution in [0.15, 0.2) is 0 Å². The van der Waals surface area contributed by atoms with E-state index in [1.54, 1.807) is 0 Å². The number of hydrogen-bond acceptors (Lipinski definition) is 3. The number of nitrogens with one attached hydrogen (secondary N) is 2. The van der Waals surface area contributed by atoms with Gasteiger partial charge in [-0.05, 0) is 47.5 Å². The second-order valence-electron chi connectivity index (χ2n) is 6.81. The Balaban J connectivity index is 2.37. The smallest absolute Gasteiger partial charge is 0.323 e. The number of nitrogens with zero attached hydrogens (tertiary/aromatic N) is 1. The summed E-state index contributed by atoms with van der Waals surface area (Å²) in [6, 6.07) is -0.254. The van der Waals surface area contributed by atoms with Crippen molar-refractivity contribution < 1.29 is 9.59 Å². The first-order chi connectivity index (χ1) is 8.11. The minimum absolute atomic E-state index is 0.0716. The fourth-order valence-electron chi connectivity index (χ4n) is 3.78. The number of amides is 3. The van der Waals surface area contributed by atoms with Crippen molar-refractivity contribution in [1.29, 1.82) is 0 Å². The van der Waals surface area contributed by atoms with Gasteiger partial charge in [0.2, 0.25) is 0 Å². The van der Waals surface area contributed by atoms with E-state index < -0.39 is 5.54 Å². The van der Waals surface area contributed by atoms with Crippen LogP contribution in [-0.2, 0) is 4.79 Å². The van der Waals surface area contributed by atoms with Gasteiger partial charge in [-0.15, -0.1) is 0 Å². The largest absolute Gasteiger partial charge is 0.325 e. The van der Waals surface area contributed by atoms with E-state index in [1.807, 2.05) is 6.92 Å². The number of carbonyl (C=O) groups is 2. The second-order valence-corrected chi connectivity index (χ2v) is 6.81. The highest BCUT2D eigenvalue weighted by molar-refractivity contribution is 6.07. The summed E-state index contributed by atoms with van der Waals surface area (Å²) < 4.78 is 0. The maximum absolute atomic E-state index is 12.5. The lowest BCUT2D eigenvalue weighted by atomic mass is 9.71. The molecule has 0 unspecified atom stereocenters. The van der Waals surface area contributed by atoms with Crippen LogP contribution in [0.5, 0.6) is 0 Å². The number of carbonyl (C=O) groups excluding carboxylic acids is 2. The zero-order valence-corrected chi connectivity index (χ0v) is 11.9. The molecule has 102 valence electrons. The molecule has 3 amide bonds. The van der Waals surface area contributed by atoms with Gasteiger partial charge in [0.1, 0.15) is 5.54 Å². The zero-order valence-electron chi connectivity index (χ0n) is 11.9. The van der Waals surface area contributed by atoms with Crippen molar-refractivity contribution in [2.45, 2.75) is 64.1 Å². The molecule has 18 heavy (non-hydrogen) atoms. The van der Waals surface area contributed by atoms with Crippen molar-refractivity contribution in [2.24, 2.45) is 0 Å². The van der Waals surface area contributed by atoms with Gasteiger partial charge < -0.3 is 10.6 Å². The number of urea groups is 1. The van der Waals surface area contributed by atoms with E-state index in [1.165, 1.54) is 4.90 Å². The molecule has 0 aliphatic carbocycles. The third-order valence-corrected chi connectivity index (χ3v) is 3.73. The van der Waals surface area contributed by atoms with E-state index in [4.69, 9.17) is 0 Å². The van der Waals surface area contributed by atoms with E-state index in [0.29, 0.717) is 19.4 Å². The second kappa shape index (κ2) is 3.70. The molecular weight excluding hydrogens is 230 g/mol. The summed E-state index contributed by atoms with van der Waals surface area (Å²) in [4.78, 5) is 25.7. The van der Waals surface area contributed by atoms with E-state index >= 15 is 0 Å². The normalized spacial score (nSPS) is 28.6. The topological polar surface area (TPSA) is 61.4 Å². The summed E-state index contributed by atoms with van der Waals surface area (Å²) in [5.74, 6) is -0.0716. The molecule has 2 aliphatic rings. The predicted molar refractivity (Wildman–Crippen MR) is 69.2 cm³/mol. The van der Waals surface area contributed by atoms with Crippen molar-refractivity contribution in [2.75, 3.05) is 6.54 Å². The third kappa shape index (κ3) is 2.00. The minimum atomic E-state index is -0.731.